The summed E-state index contributed by atoms with van der Waals surface area (Å²) in [5, 5.41) is 0. The number of unbranched alkanes of at least 4 members (excludes halogenated alkanes) is 18. The molecular formula is C49H68N2. The van der Waals surface area contributed by atoms with E-state index in [1.165, 1.54) is 175 Å². The van der Waals surface area contributed by atoms with E-state index >= 15 is 0 Å². The molecule has 1 aliphatic rings. The van der Waals surface area contributed by atoms with Crippen molar-refractivity contribution in [2.45, 2.75) is 174 Å². The Morgan fingerprint density at radius 1 is 0.412 bits per heavy atom. The molecule has 0 amide bonds. The molecular weight excluding hydrogens is 617 g/mol. The molecule has 2 aromatic heterocycles. The molecule has 0 spiro atoms. The van der Waals surface area contributed by atoms with E-state index in [0.717, 1.165) is 11.4 Å². The van der Waals surface area contributed by atoms with Crippen molar-refractivity contribution in [3.05, 3.63) is 95.3 Å². The van der Waals surface area contributed by atoms with Gasteiger partial charge >= 0.3 is 0 Å². The molecule has 2 heteroatoms. The lowest BCUT2D eigenvalue weighted by atomic mass is 9.70. The lowest BCUT2D eigenvalue weighted by Crippen LogP contribution is -2.25. The van der Waals surface area contributed by atoms with Gasteiger partial charge in [0.25, 0.3) is 0 Å². The Bertz CT molecular complexity index is 1560. The highest BCUT2D eigenvalue weighted by Gasteiger charge is 2.42. The van der Waals surface area contributed by atoms with Gasteiger partial charge in [0.05, 0.1) is 11.4 Å². The minimum atomic E-state index is 0.0895. The molecule has 0 unspecified atom stereocenters. The van der Waals surface area contributed by atoms with Crippen molar-refractivity contribution in [2.24, 2.45) is 0 Å². The van der Waals surface area contributed by atoms with Gasteiger partial charge in [-0.25, -0.2) is 0 Å². The fourth-order valence-corrected chi connectivity index (χ4v) is 8.62. The van der Waals surface area contributed by atoms with Gasteiger partial charge < -0.3 is 0 Å². The molecule has 0 bridgehead atoms. The molecule has 0 atom stereocenters. The number of benzene rings is 2. The maximum absolute atomic E-state index is 4.89. The Morgan fingerprint density at radius 2 is 0.843 bits per heavy atom. The van der Waals surface area contributed by atoms with Crippen LogP contribution < -0.4 is 0 Å². The average Bonchev–Trinajstić information content (AvgIpc) is 3.41. The number of hydrogen-bond donors (Lipinski definition) is 0. The summed E-state index contributed by atoms with van der Waals surface area (Å²) in [7, 11) is 0. The first-order valence-electron chi connectivity index (χ1n) is 21.2. The third-order valence-corrected chi connectivity index (χ3v) is 11.7. The molecule has 51 heavy (non-hydrogen) atoms. The molecule has 2 aromatic carbocycles. The van der Waals surface area contributed by atoms with E-state index in [9.17, 15) is 0 Å². The number of nitrogens with zero attached hydrogens (tertiary/aromatic N) is 2. The zero-order chi connectivity index (χ0) is 35.7. The number of hydrogen-bond acceptors (Lipinski definition) is 2. The van der Waals surface area contributed by atoms with Crippen molar-refractivity contribution < 1.29 is 0 Å². The molecule has 1 aliphatic carbocycles. The van der Waals surface area contributed by atoms with Crippen LogP contribution in [0, 0.1) is 13.8 Å². The van der Waals surface area contributed by atoms with Crippen LogP contribution >= 0.6 is 0 Å². The van der Waals surface area contributed by atoms with Crippen molar-refractivity contribution in [2.75, 3.05) is 0 Å². The highest BCUT2D eigenvalue weighted by molar-refractivity contribution is 5.84. The van der Waals surface area contributed by atoms with Gasteiger partial charge in [0.2, 0.25) is 0 Å². The fourth-order valence-electron chi connectivity index (χ4n) is 8.62. The largest absolute Gasteiger partial charge is 0.254 e. The van der Waals surface area contributed by atoms with Gasteiger partial charge in [0.1, 0.15) is 0 Å². The van der Waals surface area contributed by atoms with E-state index in [4.69, 9.17) is 4.98 Å². The zero-order valence-corrected chi connectivity index (χ0v) is 32.9. The summed E-state index contributed by atoms with van der Waals surface area (Å²) in [6, 6.07) is 23.2. The maximum atomic E-state index is 4.89. The highest BCUT2D eigenvalue weighted by atomic mass is 14.8. The molecule has 0 saturated carbocycles. The first kappa shape index (κ1) is 39.0. The smallest absolute Gasteiger partial charge is 0.0886 e. The van der Waals surface area contributed by atoms with Crippen molar-refractivity contribution in [1.29, 1.82) is 0 Å². The van der Waals surface area contributed by atoms with Crippen LogP contribution in [0.5, 0.6) is 0 Å². The van der Waals surface area contributed by atoms with Crippen LogP contribution in [0.25, 0.3) is 33.6 Å². The van der Waals surface area contributed by atoms with E-state index in [1.807, 2.05) is 6.20 Å². The van der Waals surface area contributed by atoms with Crippen molar-refractivity contribution in [1.82, 2.24) is 9.97 Å². The summed E-state index contributed by atoms with van der Waals surface area (Å²) >= 11 is 0. The summed E-state index contributed by atoms with van der Waals surface area (Å²) in [5.74, 6) is 0. The molecule has 2 heterocycles. The monoisotopic (exact) mass is 685 g/mol. The molecule has 0 N–H and O–H groups in total. The number of rotatable bonds is 24. The Labute approximate surface area is 312 Å². The van der Waals surface area contributed by atoms with Crippen LogP contribution in [-0.2, 0) is 5.41 Å². The molecule has 0 fully saturated rings. The Balaban J connectivity index is 1.33. The van der Waals surface area contributed by atoms with E-state index < -0.39 is 0 Å². The Hall–Kier alpha value is -3.26. The van der Waals surface area contributed by atoms with Gasteiger partial charge in [-0.1, -0.05) is 190 Å². The molecule has 4 aromatic rings. The van der Waals surface area contributed by atoms with Crippen LogP contribution in [-0.4, -0.2) is 9.97 Å². The van der Waals surface area contributed by atoms with Gasteiger partial charge in [-0.2, -0.15) is 0 Å². The maximum Gasteiger partial charge on any atom is 0.0886 e. The van der Waals surface area contributed by atoms with Gasteiger partial charge in [-0.05, 0) is 78.3 Å². The standard InChI is InChI=1S/C49H68N2/c1-5-7-9-11-13-15-17-19-21-23-33-49(34-24-22-20-18-16-14-12-10-8-6-2)45-35-39(3)25-29-43(45)44-30-27-41(36-46(44)49)42-28-32-48(51-38-42)47-31-26-40(4)37-50-47/h25-32,35-38H,5-24,33-34H2,1-4H3. The van der Waals surface area contributed by atoms with Gasteiger partial charge in [0, 0.05) is 23.4 Å². The summed E-state index contributed by atoms with van der Waals surface area (Å²) in [6.45, 7) is 8.99. The second kappa shape index (κ2) is 20.7. The van der Waals surface area contributed by atoms with Gasteiger partial charge in [-0.15, -0.1) is 0 Å². The number of pyridine rings is 2. The van der Waals surface area contributed by atoms with E-state index in [0.29, 0.717) is 0 Å². The third kappa shape index (κ3) is 10.9. The summed E-state index contributed by atoms with van der Waals surface area (Å²) in [4.78, 5) is 9.50. The second-order valence-electron chi connectivity index (χ2n) is 15.9. The molecule has 274 valence electrons. The predicted octanol–water partition coefficient (Wildman–Crippen LogP) is 15.3. The molecule has 0 radical (unpaired) electrons. The minimum absolute atomic E-state index is 0.0895. The van der Waals surface area contributed by atoms with Crippen molar-refractivity contribution in [3.8, 4) is 33.6 Å². The van der Waals surface area contributed by atoms with Gasteiger partial charge in [-0.3, -0.25) is 9.97 Å². The quantitative estimate of drug-likeness (QED) is 0.0687. The molecule has 2 nitrogen and oxygen atoms in total. The van der Waals surface area contributed by atoms with Crippen molar-refractivity contribution >= 4 is 0 Å². The topological polar surface area (TPSA) is 25.8 Å². The minimum Gasteiger partial charge on any atom is -0.254 e. The van der Waals surface area contributed by atoms with Crippen LogP contribution in [0.4, 0.5) is 0 Å². The zero-order valence-electron chi connectivity index (χ0n) is 32.9. The second-order valence-corrected chi connectivity index (χ2v) is 15.9. The molecule has 0 saturated heterocycles. The molecule has 0 aliphatic heterocycles. The highest BCUT2D eigenvalue weighted by Crippen LogP contribution is 2.55. The number of fused-ring (bicyclic) bond motifs is 3. The lowest BCUT2D eigenvalue weighted by Gasteiger charge is -2.33. The van der Waals surface area contributed by atoms with E-state index in [2.05, 4.69) is 99.5 Å². The first-order valence-corrected chi connectivity index (χ1v) is 21.2. The Kier molecular flexibility index (Phi) is 15.8. The van der Waals surface area contributed by atoms with Crippen LogP contribution in [0.2, 0.25) is 0 Å². The van der Waals surface area contributed by atoms with Crippen LogP contribution in [0.3, 0.4) is 0 Å². The number of aryl methyl sites for hydroxylation is 2. The fraction of sp³-hybridized carbons (Fsp3) is 0.551. The predicted molar refractivity (Wildman–Crippen MR) is 222 cm³/mol. The lowest BCUT2D eigenvalue weighted by molar-refractivity contribution is 0.397. The number of aromatic nitrogens is 2. The molecule has 5 rings (SSSR count). The SMILES string of the molecule is CCCCCCCCCCCCC1(CCCCCCCCCCCC)c2cc(C)ccc2-c2ccc(-c3ccc(-c4ccc(C)cn4)nc3)cc21. The van der Waals surface area contributed by atoms with Gasteiger partial charge in [0.15, 0.2) is 0 Å². The van der Waals surface area contributed by atoms with Crippen LogP contribution in [0.1, 0.15) is 177 Å². The van der Waals surface area contributed by atoms with E-state index in [1.54, 1.807) is 11.1 Å². The average molecular weight is 685 g/mol. The summed E-state index contributed by atoms with van der Waals surface area (Å²) < 4.78 is 0. The summed E-state index contributed by atoms with van der Waals surface area (Å²) in [5.41, 5.74) is 13.1. The summed E-state index contributed by atoms with van der Waals surface area (Å²) in [6.07, 6.45) is 34.2. The van der Waals surface area contributed by atoms with Crippen LogP contribution in [0.15, 0.2) is 73.1 Å². The van der Waals surface area contributed by atoms with Crippen molar-refractivity contribution in [3.63, 3.8) is 0 Å². The normalized spacial score (nSPS) is 13.0. The van der Waals surface area contributed by atoms with E-state index in [-0.39, 0.29) is 5.41 Å². The Morgan fingerprint density at radius 3 is 1.33 bits per heavy atom. The third-order valence-electron chi connectivity index (χ3n) is 11.7. The first-order chi connectivity index (χ1) is 25.1.